The molecular weight excluding hydrogens is 502 g/mol. The van der Waals surface area contributed by atoms with E-state index in [4.69, 9.17) is 10.5 Å². The van der Waals surface area contributed by atoms with Crippen molar-refractivity contribution in [3.63, 3.8) is 0 Å². The smallest absolute Gasteiger partial charge is 0.229 e. The number of benzene rings is 1. The van der Waals surface area contributed by atoms with Crippen LogP contribution in [-0.2, 0) is 10.3 Å². The highest BCUT2D eigenvalue weighted by atomic mass is 19.1. The van der Waals surface area contributed by atoms with E-state index in [0.29, 0.717) is 30.6 Å². The first-order valence-electron chi connectivity index (χ1n) is 13.4. The molecule has 3 atom stereocenters. The molecule has 3 unspecified atom stereocenters. The lowest BCUT2D eigenvalue weighted by molar-refractivity contribution is -0.0682. The number of halogens is 2. The third-order valence-corrected chi connectivity index (χ3v) is 8.06. The Labute approximate surface area is 225 Å². The van der Waals surface area contributed by atoms with Crippen LogP contribution in [0.15, 0.2) is 48.9 Å². The quantitative estimate of drug-likeness (QED) is 0.329. The van der Waals surface area contributed by atoms with Crippen molar-refractivity contribution in [3.8, 4) is 11.3 Å². The van der Waals surface area contributed by atoms with E-state index in [2.05, 4.69) is 27.3 Å². The molecule has 204 valence electrons. The fourth-order valence-electron chi connectivity index (χ4n) is 6.08. The van der Waals surface area contributed by atoms with E-state index in [9.17, 15) is 5.11 Å². The molecule has 0 radical (unpaired) electrons. The molecule has 6 rings (SSSR count). The number of pyridine rings is 1. The summed E-state index contributed by atoms with van der Waals surface area (Å²) in [5, 5.41) is 18.8. The lowest BCUT2D eigenvalue weighted by atomic mass is 9.76. The minimum absolute atomic E-state index is 0.113. The van der Waals surface area contributed by atoms with Gasteiger partial charge in [0, 0.05) is 38.3 Å². The summed E-state index contributed by atoms with van der Waals surface area (Å²) in [5.41, 5.74) is 7.63. The molecule has 8 nitrogen and oxygen atoms in total. The SMILES string of the molecule is CC1CC(N)CC(c2ccncc2Nc2ncc3ccc(-c4c(F)cc(C5(O)CCOCC5)cc4F)nn23)C1. The topological polar surface area (TPSA) is 111 Å². The molecule has 4 heterocycles. The van der Waals surface area contributed by atoms with Gasteiger partial charge in [-0.2, -0.15) is 9.61 Å². The zero-order chi connectivity index (χ0) is 27.1. The largest absolute Gasteiger partial charge is 0.385 e. The number of nitrogens with two attached hydrogens (primary N) is 1. The van der Waals surface area contributed by atoms with Gasteiger partial charge in [-0.05, 0) is 72.6 Å². The molecular formula is C29H32F2N6O2. The summed E-state index contributed by atoms with van der Waals surface area (Å²) in [4.78, 5) is 8.78. The second-order valence-electron chi connectivity index (χ2n) is 11.0. The first kappa shape index (κ1) is 25.8. The van der Waals surface area contributed by atoms with Crippen LogP contribution in [-0.4, -0.2) is 43.9 Å². The van der Waals surface area contributed by atoms with Crippen LogP contribution < -0.4 is 11.1 Å². The average molecular weight is 535 g/mol. The molecule has 10 heteroatoms. The number of aliphatic hydroxyl groups is 1. The van der Waals surface area contributed by atoms with Gasteiger partial charge in [0.2, 0.25) is 5.95 Å². The second kappa shape index (κ2) is 10.3. The molecule has 1 aliphatic heterocycles. The van der Waals surface area contributed by atoms with Crippen molar-refractivity contribution in [1.82, 2.24) is 19.6 Å². The highest BCUT2D eigenvalue weighted by Crippen LogP contribution is 2.39. The number of ether oxygens (including phenoxy) is 1. The average Bonchev–Trinajstić information content (AvgIpc) is 3.30. The Bertz CT molecular complexity index is 1470. The molecule has 1 aromatic carbocycles. The molecule has 2 aliphatic rings. The first-order valence-corrected chi connectivity index (χ1v) is 13.4. The Kier molecular flexibility index (Phi) is 6.78. The van der Waals surface area contributed by atoms with Gasteiger partial charge in [0.25, 0.3) is 0 Å². The van der Waals surface area contributed by atoms with Gasteiger partial charge < -0.3 is 20.9 Å². The second-order valence-corrected chi connectivity index (χ2v) is 11.0. The minimum Gasteiger partial charge on any atom is -0.385 e. The number of hydrogen-bond acceptors (Lipinski definition) is 7. The standard InChI is InChI=1S/C29H32F2N6O2/c1-17-10-18(12-20(32)11-17)22-4-7-33-16-26(22)35-28-34-15-21-2-3-25(36-37(21)28)27-23(30)13-19(14-24(27)31)29(38)5-8-39-9-6-29/h2-4,7,13-18,20,38H,5-6,8-12,32H2,1H3,(H,34,35). The highest BCUT2D eigenvalue weighted by molar-refractivity contribution is 5.66. The van der Waals surface area contributed by atoms with Gasteiger partial charge in [0.15, 0.2) is 0 Å². The Morgan fingerprint density at radius 1 is 1.08 bits per heavy atom. The van der Waals surface area contributed by atoms with Crippen molar-refractivity contribution in [2.24, 2.45) is 11.7 Å². The van der Waals surface area contributed by atoms with Gasteiger partial charge in [-0.15, -0.1) is 0 Å². The number of fused-ring (bicyclic) bond motifs is 1. The van der Waals surface area contributed by atoms with Crippen LogP contribution in [0.3, 0.4) is 0 Å². The molecule has 0 bridgehead atoms. The van der Waals surface area contributed by atoms with Gasteiger partial charge in [0.1, 0.15) is 11.6 Å². The molecule has 1 saturated heterocycles. The Balaban J connectivity index is 1.33. The molecule has 3 aromatic heterocycles. The van der Waals surface area contributed by atoms with Gasteiger partial charge in [-0.3, -0.25) is 4.98 Å². The summed E-state index contributed by atoms with van der Waals surface area (Å²) in [6.45, 7) is 2.89. The van der Waals surface area contributed by atoms with E-state index in [1.165, 1.54) is 16.6 Å². The molecule has 4 aromatic rings. The number of nitrogens with zero attached hydrogens (tertiary/aromatic N) is 4. The molecule has 1 saturated carbocycles. The zero-order valence-electron chi connectivity index (χ0n) is 21.8. The van der Waals surface area contributed by atoms with Crippen molar-refractivity contribution < 1.29 is 18.6 Å². The fourth-order valence-corrected chi connectivity index (χ4v) is 6.08. The maximum Gasteiger partial charge on any atom is 0.229 e. The van der Waals surface area contributed by atoms with Crippen LogP contribution in [0.1, 0.15) is 56.1 Å². The summed E-state index contributed by atoms with van der Waals surface area (Å²) >= 11 is 0. The van der Waals surface area contributed by atoms with Crippen molar-refractivity contribution in [1.29, 1.82) is 0 Å². The number of aromatic nitrogens is 4. The van der Waals surface area contributed by atoms with E-state index in [1.807, 2.05) is 6.07 Å². The fraction of sp³-hybridized carbons (Fsp3) is 0.414. The number of nitrogens with one attached hydrogen (secondary N) is 1. The van der Waals surface area contributed by atoms with E-state index < -0.39 is 17.2 Å². The van der Waals surface area contributed by atoms with Crippen LogP contribution in [0.4, 0.5) is 20.4 Å². The van der Waals surface area contributed by atoms with Crippen LogP contribution in [0.25, 0.3) is 16.8 Å². The van der Waals surface area contributed by atoms with E-state index >= 15 is 8.78 Å². The normalized spacial score (nSPS) is 23.2. The van der Waals surface area contributed by atoms with Crippen molar-refractivity contribution in [3.05, 3.63) is 71.7 Å². The first-order chi connectivity index (χ1) is 18.8. The molecule has 4 N–H and O–H groups in total. The predicted molar refractivity (Wildman–Crippen MR) is 144 cm³/mol. The van der Waals surface area contributed by atoms with Crippen molar-refractivity contribution in [2.45, 2.75) is 56.6 Å². The summed E-state index contributed by atoms with van der Waals surface area (Å²) in [5.74, 6) is -0.355. The maximum absolute atomic E-state index is 15.3. The zero-order valence-corrected chi connectivity index (χ0v) is 21.8. The van der Waals surface area contributed by atoms with Crippen LogP contribution in [0, 0.1) is 17.6 Å². The van der Waals surface area contributed by atoms with Crippen LogP contribution in [0.2, 0.25) is 0 Å². The predicted octanol–water partition coefficient (Wildman–Crippen LogP) is 5.04. The number of rotatable bonds is 5. The number of imidazole rings is 1. The van der Waals surface area contributed by atoms with Gasteiger partial charge in [-0.25, -0.2) is 13.8 Å². The van der Waals surface area contributed by atoms with E-state index in [1.54, 1.807) is 30.7 Å². The van der Waals surface area contributed by atoms with Gasteiger partial charge in [0.05, 0.1) is 40.5 Å². The van der Waals surface area contributed by atoms with Crippen LogP contribution in [0.5, 0.6) is 0 Å². The van der Waals surface area contributed by atoms with Crippen molar-refractivity contribution in [2.75, 3.05) is 18.5 Å². The van der Waals surface area contributed by atoms with Gasteiger partial charge >= 0.3 is 0 Å². The third-order valence-electron chi connectivity index (χ3n) is 8.06. The monoisotopic (exact) mass is 534 g/mol. The summed E-state index contributed by atoms with van der Waals surface area (Å²) < 4.78 is 37.5. The van der Waals surface area contributed by atoms with E-state index in [0.717, 1.165) is 30.5 Å². The minimum atomic E-state index is -1.32. The third kappa shape index (κ3) is 4.99. The number of hydrogen-bond donors (Lipinski definition) is 3. The summed E-state index contributed by atoms with van der Waals surface area (Å²) in [6.07, 6.45) is 8.68. The van der Waals surface area contributed by atoms with E-state index in [-0.39, 0.29) is 41.6 Å². The molecule has 0 spiro atoms. The maximum atomic E-state index is 15.3. The van der Waals surface area contributed by atoms with Crippen molar-refractivity contribution >= 4 is 17.2 Å². The number of anilines is 2. The lowest BCUT2D eigenvalue weighted by Crippen LogP contribution is -2.33. The van der Waals surface area contributed by atoms with Gasteiger partial charge in [-0.1, -0.05) is 6.92 Å². The Morgan fingerprint density at radius 3 is 2.59 bits per heavy atom. The van der Waals surface area contributed by atoms with Crippen LogP contribution >= 0.6 is 0 Å². The molecule has 1 aliphatic carbocycles. The molecule has 0 amide bonds. The Hall–Kier alpha value is -3.47. The Morgan fingerprint density at radius 2 is 1.85 bits per heavy atom. The molecule has 39 heavy (non-hydrogen) atoms. The lowest BCUT2D eigenvalue weighted by Gasteiger charge is -2.32. The molecule has 2 fully saturated rings. The highest BCUT2D eigenvalue weighted by Gasteiger charge is 2.34. The summed E-state index contributed by atoms with van der Waals surface area (Å²) in [7, 11) is 0. The summed E-state index contributed by atoms with van der Waals surface area (Å²) in [6, 6.07) is 7.82.